The van der Waals surface area contributed by atoms with Crippen molar-refractivity contribution in [2.45, 2.75) is 58.1 Å². The second-order valence-corrected chi connectivity index (χ2v) is 7.08. The van der Waals surface area contributed by atoms with Crippen molar-refractivity contribution < 1.29 is 14.3 Å². The van der Waals surface area contributed by atoms with Crippen LogP contribution in [0.15, 0.2) is 30.3 Å². The van der Waals surface area contributed by atoms with E-state index in [0.717, 1.165) is 12.8 Å². The molecule has 1 aliphatic rings. The summed E-state index contributed by atoms with van der Waals surface area (Å²) in [7, 11) is 0. The molecule has 25 heavy (non-hydrogen) atoms. The average molecular weight is 346 g/mol. The quantitative estimate of drug-likeness (QED) is 0.699. The number of nitrogens with one attached hydrogen (secondary N) is 1. The van der Waals surface area contributed by atoms with Gasteiger partial charge in [-0.1, -0.05) is 30.3 Å². The third-order valence-electron chi connectivity index (χ3n) is 4.74. The summed E-state index contributed by atoms with van der Waals surface area (Å²) >= 11 is 0. The Morgan fingerprint density at radius 1 is 1.32 bits per heavy atom. The first-order valence-corrected chi connectivity index (χ1v) is 9.18. The van der Waals surface area contributed by atoms with E-state index in [-0.39, 0.29) is 17.9 Å². The molecule has 1 saturated heterocycles. The lowest BCUT2D eigenvalue weighted by atomic mass is 9.97. The molecule has 2 rings (SSSR count). The molecule has 0 aromatic heterocycles. The van der Waals surface area contributed by atoms with Gasteiger partial charge in [0.05, 0.1) is 6.10 Å². The van der Waals surface area contributed by atoms with Crippen LogP contribution in [0.3, 0.4) is 0 Å². The molecule has 1 heterocycles. The van der Waals surface area contributed by atoms with Crippen molar-refractivity contribution in [1.29, 1.82) is 0 Å². The zero-order chi connectivity index (χ0) is 18.3. The molecule has 1 unspecified atom stereocenters. The molecule has 0 spiro atoms. The molecule has 138 valence electrons. The van der Waals surface area contributed by atoms with Gasteiger partial charge in [0, 0.05) is 26.1 Å². The number of benzene rings is 1. The van der Waals surface area contributed by atoms with Crippen molar-refractivity contribution in [3.8, 4) is 0 Å². The molecule has 1 aromatic rings. The Bertz CT molecular complexity index is 574. The number of rotatable bonds is 9. The van der Waals surface area contributed by atoms with Crippen LogP contribution in [0.5, 0.6) is 0 Å². The van der Waals surface area contributed by atoms with Gasteiger partial charge in [0.2, 0.25) is 11.8 Å². The van der Waals surface area contributed by atoms with Crippen molar-refractivity contribution in [2.24, 2.45) is 0 Å². The minimum Gasteiger partial charge on any atom is -0.379 e. The van der Waals surface area contributed by atoms with Crippen LogP contribution in [0.25, 0.3) is 0 Å². The monoisotopic (exact) mass is 346 g/mol. The van der Waals surface area contributed by atoms with Gasteiger partial charge in [-0.2, -0.15) is 0 Å². The Labute approximate surface area is 150 Å². The van der Waals surface area contributed by atoms with Crippen LogP contribution in [0.4, 0.5) is 0 Å². The van der Waals surface area contributed by atoms with Crippen LogP contribution < -0.4 is 5.32 Å². The van der Waals surface area contributed by atoms with Crippen LogP contribution in [-0.4, -0.2) is 48.1 Å². The highest BCUT2D eigenvalue weighted by Crippen LogP contribution is 2.30. The normalized spacial score (nSPS) is 20.3. The second-order valence-electron chi connectivity index (χ2n) is 7.08. The third kappa shape index (κ3) is 5.30. The Hall–Kier alpha value is -1.88. The van der Waals surface area contributed by atoms with Crippen molar-refractivity contribution in [3.63, 3.8) is 0 Å². The van der Waals surface area contributed by atoms with Gasteiger partial charge in [0.25, 0.3) is 0 Å². The Morgan fingerprint density at radius 2 is 2.04 bits per heavy atom. The van der Waals surface area contributed by atoms with Crippen LogP contribution in [0, 0.1) is 0 Å². The number of carbonyl (C=O) groups is 2. The molecule has 0 saturated carbocycles. The fraction of sp³-hybridized carbons (Fsp3) is 0.600. The lowest BCUT2D eigenvalue weighted by Gasteiger charge is -2.34. The number of hydrogen-bond donors (Lipinski definition) is 1. The number of nitrogens with zero attached hydrogens (tertiary/aromatic N) is 1. The molecule has 1 aliphatic heterocycles. The lowest BCUT2D eigenvalue weighted by molar-refractivity contribution is -0.140. The van der Waals surface area contributed by atoms with Crippen LogP contribution in [-0.2, 0) is 20.7 Å². The average Bonchev–Trinajstić information content (AvgIpc) is 2.89. The first-order chi connectivity index (χ1) is 11.9. The second kappa shape index (κ2) is 8.99. The molecule has 0 bridgehead atoms. The maximum atomic E-state index is 12.7. The van der Waals surface area contributed by atoms with Crippen molar-refractivity contribution in [3.05, 3.63) is 35.9 Å². The van der Waals surface area contributed by atoms with Gasteiger partial charge in [-0.3, -0.25) is 9.59 Å². The summed E-state index contributed by atoms with van der Waals surface area (Å²) in [6, 6.07) is 10.1. The molecular formula is C20H30N2O3. The molecule has 1 fully saturated rings. The van der Waals surface area contributed by atoms with Gasteiger partial charge in [-0.05, 0) is 45.6 Å². The highest BCUT2D eigenvalue weighted by Gasteiger charge is 2.46. The van der Waals surface area contributed by atoms with E-state index < -0.39 is 5.54 Å². The van der Waals surface area contributed by atoms with Gasteiger partial charge in [0.1, 0.15) is 5.54 Å². The largest absolute Gasteiger partial charge is 0.379 e. The van der Waals surface area contributed by atoms with Gasteiger partial charge in [-0.25, -0.2) is 0 Å². The molecule has 1 aromatic carbocycles. The topological polar surface area (TPSA) is 58.6 Å². The standard InChI is InChI=1S/C20H30N2O3/c1-16(2)25-15-7-13-21-19(24)20(3)12-10-18(23)22(20)14-11-17-8-5-4-6-9-17/h4-6,8-9,16H,7,10-15H2,1-3H3,(H,21,24). The number of likely N-dealkylation sites (tertiary alicyclic amines) is 1. The van der Waals surface area contributed by atoms with E-state index in [4.69, 9.17) is 4.74 Å². The fourth-order valence-electron chi connectivity index (χ4n) is 3.17. The summed E-state index contributed by atoms with van der Waals surface area (Å²) < 4.78 is 5.48. The fourth-order valence-corrected chi connectivity index (χ4v) is 3.17. The van der Waals surface area contributed by atoms with E-state index >= 15 is 0 Å². The minimum absolute atomic E-state index is 0.0593. The van der Waals surface area contributed by atoms with E-state index in [1.54, 1.807) is 4.90 Å². The van der Waals surface area contributed by atoms with Gasteiger partial charge < -0.3 is 15.0 Å². The number of carbonyl (C=O) groups excluding carboxylic acids is 2. The lowest BCUT2D eigenvalue weighted by Crippen LogP contribution is -2.55. The Kier molecular flexibility index (Phi) is 7.00. The summed E-state index contributed by atoms with van der Waals surface area (Å²) in [5, 5.41) is 2.97. The SMILES string of the molecule is CC(C)OCCCNC(=O)C1(C)CCC(=O)N1CCc1ccccc1. The zero-order valence-electron chi connectivity index (χ0n) is 15.6. The van der Waals surface area contributed by atoms with Crippen molar-refractivity contribution in [2.75, 3.05) is 19.7 Å². The maximum absolute atomic E-state index is 12.7. The Morgan fingerprint density at radius 3 is 2.72 bits per heavy atom. The predicted octanol–water partition coefficient (Wildman–Crippen LogP) is 2.54. The molecule has 1 N–H and O–H groups in total. The predicted molar refractivity (Wildman–Crippen MR) is 98.2 cm³/mol. The van der Waals surface area contributed by atoms with E-state index in [0.29, 0.717) is 32.5 Å². The van der Waals surface area contributed by atoms with Gasteiger partial charge in [-0.15, -0.1) is 0 Å². The summed E-state index contributed by atoms with van der Waals surface area (Å²) in [4.78, 5) is 26.7. The first kappa shape index (κ1) is 19.4. The molecule has 5 heteroatoms. The number of ether oxygens (including phenoxy) is 1. The Balaban J connectivity index is 1.87. The molecule has 1 atom stereocenters. The highest BCUT2D eigenvalue weighted by molar-refractivity contribution is 5.94. The first-order valence-electron chi connectivity index (χ1n) is 9.18. The third-order valence-corrected chi connectivity index (χ3v) is 4.74. The van der Waals surface area contributed by atoms with E-state index in [9.17, 15) is 9.59 Å². The summed E-state index contributed by atoms with van der Waals surface area (Å²) in [5.41, 5.74) is 0.431. The van der Waals surface area contributed by atoms with Crippen LogP contribution >= 0.6 is 0 Å². The van der Waals surface area contributed by atoms with E-state index in [1.807, 2.05) is 51.1 Å². The smallest absolute Gasteiger partial charge is 0.245 e. The van der Waals surface area contributed by atoms with Crippen LogP contribution in [0.2, 0.25) is 0 Å². The van der Waals surface area contributed by atoms with Gasteiger partial charge >= 0.3 is 0 Å². The summed E-state index contributed by atoms with van der Waals surface area (Å²) in [6.45, 7) is 7.64. The molecule has 0 aliphatic carbocycles. The maximum Gasteiger partial charge on any atom is 0.245 e. The molecule has 0 radical (unpaired) electrons. The zero-order valence-corrected chi connectivity index (χ0v) is 15.6. The van der Waals surface area contributed by atoms with Gasteiger partial charge in [0.15, 0.2) is 0 Å². The van der Waals surface area contributed by atoms with Crippen LogP contribution in [0.1, 0.15) is 45.6 Å². The highest BCUT2D eigenvalue weighted by atomic mass is 16.5. The summed E-state index contributed by atoms with van der Waals surface area (Å²) in [5.74, 6) is 0.00711. The van der Waals surface area contributed by atoms with Crippen molar-refractivity contribution >= 4 is 11.8 Å². The number of hydrogen-bond acceptors (Lipinski definition) is 3. The molecule has 2 amide bonds. The summed E-state index contributed by atoms with van der Waals surface area (Å²) in [6.07, 6.45) is 2.76. The molecule has 5 nitrogen and oxygen atoms in total. The minimum atomic E-state index is -0.745. The number of amides is 2. The van der Waals surface area contributed by atoms with E-state index in [2.05, 4.69) is 5.32 Å². The van der Waals surface area contributed by atoms with E-state index in [1.165, 1.54) is 5.56 Å². The van der Waals surface area contributed by atoms with Crippen molar-refractivity contribution in [1.82, 2.24) is 10.2 Å². The molecular weight excluding hydrogens is 316 g/mol.